The van der Waals surface area contributed by atoms with Gasteiger partial charge in [0.05, 0.1) is 34.6 Å². The smallest absolute Gasteiger partial charge is 0.252 e. The van der Waals surface area contributed by atoms with Gasteiger partial charge in [-0.1, -0.05) is 6.07 Å². The molecule has 0 saturated carbocycles. The number of ether oxygens (including phenoxy) is 4. The molecular formula is C33H34N2O14. The average molecular weight is 683 g/mol. The van der Waals surface area contributed by atoms with Crippen molar-refractivity contribution < 1.29 is 68.5 Å². The summed E-state index contributed by atoms with van der Waals surface area (Å²) >= 11 is 0. The Balaban J connectivity index is 1.51. The van der Waals surface area contributed by atoms with Crippen molar-refractivity contribution in [1.82, 2.24) is 5.32 Å². The summed E-state index contributed by atoms with van der Waals surface area (Å²) in [5.74, 6) is -7.79. The minimum Gasteiger partial charge on any atom is -0.507 e. The van der Waals surface area contributed by atoms with E-state index in [0.717, 1.165) is 19.3 Å². The number of hydrogen-bond acceptors (Lipinski definition) is 15. The molecule has 8 atom stereocenters. The van der Waals surface area contributed by atoms with Gasteiger partial charge in [0.15, 0.2) is 23.2 Å². The molecule has 3 aliphatic carbocycles. The van der Waals surface area contributed by atoms with Gasteiger partial charge in [-0.2, -0.15) is 0 Å². The molecule has 1 aliphatic heterocycles. The molecule has 8 N–H and O–H groups in total. The van der Waals surface area contributed by atoms with Crippen LogP contribution in [0.5, 0.6) is 11.5 Å². The fourth-order valence-electron chi connectivity index (χ4n) is 7.80. The monoisotopic (exact) mass is 682 g/mol. The number of phenols is 2. The number of carbonyl (C=O) groups is 5. The number of aliphatic hydroxyl groups excluding tert-OH is 2. The molecule has 1 heterocycles. The summed E-state index contributed by atoms with van der Waals surface area (Å²) in [6, 6.07) is 2.15. The summed E-state index contributed by atoms with van der Waals surface area (Å²) in [5.41, 5.74) is -4.73. The fraction of sp³-hybridized carbons (Fsp3) is 0.424. The van der Waals surface area contributed by atoms with Crippen LogP contribution >= 0.6 is 0 Å². The number of methoxy groups -OCH3 is 3. The van der Waals surface area contributed by atoms with Crippen molar-refractivity contribution in [3.63, 3.8) is 0 Å². The number of fused-ring (bicyclic) bond motifs is 5. The highest BCUT2D eigenvalue weighted by Crippen LogP contribution is 2.56. The number of hydrogen-bond donors (Lipinski definition) is 7. The number of amides is 1. The van der Waals surface area contributed by atoms with Crippen LogP contribution in [0.4, 0.5) is 0 Å². The third-order valence-corrected chi connectivity index (χ3v) is 10.0. The van der Waals surface area contributed by atoms with Gasteiger partial charge in [-0.3, -0.25) is 24.0 Å². The van der Waals surface area contributed by atoms with Gasteiger partial charge in [0.1, 0.15) is 29.8 Å². The van der Waals surface area contributed by atoms with Crippen LogP contribution in [-0.4, -0.2) is 118 Å². The fourth-order valence-corrected chi connectivity index (χ4v) is 7.80. The minimum atomic E-state index is -3.23. The Bertz CT molecular complexity index is 1900. The lowest BCUT2D eigenvalue weighted by molar-refractivity contribution is -0.236. The lowest BCUT2D eigenvalue weighted by Crippen LogP contribution is -2.73. The van der Waals surface area contributed by atoms with E-state index in [2.05, 4.69) is 5.32 Å². The Labute approximate surface area is 278 Å². The normalized spacial score (nSPS) is 32.1. The molecule has 2 aromatic rings. The van der Waals surface area contributed by atoms with Crippen molar-refractivity contribution in [2.24, 2.45) is 5.73 Å². The van der Waals surface area contributed by atoms with Crippen LogP contribution in [0, 0.1) is 6.92 Å². The van der Waals surface area contributed by atoms with Crippen LogP contribution in [0.1, 0.15) is 75.4 Å². The number of aliphatic hydroxyl groups is 3. The van der Waals surface area contributed by atoms with E-state index in [-0.39, 0.29) is 16.8 Å². The molecule has 1 amide bonds. The molecule has 0 aromatic heterocycles. The lowest BCUT2D eigenvalue weighted by atomic mass is 9.56. The van der Waals surface area contributed by atoms with Crippen molar-refractivity contribution in [3.05, 3.63) is 68.4 Å². The number of primary amides is 1. The average Bonchev–Trinajstić information content (AvgIpc) is 3.02. The Morgan fingerprint density at radius 3 is 2.22 bits per heavy atom. The second kappa shape index (κ2) is 11.5. The third-order valence-electron chi connectivity index (χ3n) is 10.0. The maximum absolute atomic E-state index is 14.5. The first kappa shape index (κ1) is 34.3. The van der Waals surface area contributed by atoms with Crippen molar-refractivity contribution >= 4 is 29.0 Å². The first-order valence-corrected chi connectivity index (χ1v) is 15.1. The number of benzene rings is 2. The largest absolute Gasteiger partial charge is 0.507 e. The standard InChI is InChI=1S/C33H34N2O14/c1-10-6-12-7-17(37)33(48-5)29(43)20-14(28(42)32(33,45)21(12)24(40)18(10)30(34)44)8-13-19(23(20)39)16(36)9-15(22(13)38)35-31-27(47-4)25(41)26(46-3)11(2)49-31/h6,8-9,11,17,25-27,31,35,37,39-41,45H,7H2,1-5H3,(H2,34,44)/t11-,17+,25+,26-,27?,31-,32-,33+/m0/s1. The first-order chi connectivity index (χ1) is 23.0. The van der Waals surface area contributed by atoms with Gasteiger partial charge in [-0.15, -0.1) is 0 Å². The van der Waals surface area contributed by atoms with E-state index < -0.39 is 128 Å². The zero-order valence-corrected chi connectivity index (χ0v) is 26.9. The Hall–Kier alpha value is -4.55. The number of nitrogens with two attached hydrogens (primary N) is 1. The summed E-state index contributed by atoms with van der Waals surface area (Å²) in [5, 5.41) is 60.0. The molecule has 260 valence electrons. The highest BCUT2D eigenvalue weighted by molar-refractivity contribution is 6.31. The Kier molecular flexibility index (Phi) is 8.07. The van der Waals surface area contributed by atoms with E-state index >= 15 is 0 Å². The predicted molar refractivity (Wildman–Crippen MR) is 163 cm³/mol. The molecule has 1 fully saturated rings. The zero-order chi connectivity index (χ0) is 36.1. The number of aryl methyl sites for hydroxylation is 1. The molecule has 0 radical (unpaired) electrons. The highest BCUT2D eigenvalue weighted by atomic mass is 16.6. The minimum absolute atomic E-state index is 0.0116. The SMILES string of the molecule is COC1[C@@H](NC2=CC(=O)c3c(cc4c(c3O)C(=O)[C@]3(OC)[C@H](O)Cc5cc(C)c(C(N)=O)c(O)c5[C@]3(O)C4=O)C2=O)O[C@@H](C)[C@H](OC)[C@H]1O. The van der Waals surface area contributed by atoms with E-state index in [0.29, 0.717) is 0 Å². The van der Waals surface area contributed by atoms with Gasteiger partial charge in [0, 0.05) is 50.5 Å². The van der Waals surface area contributed by atoms with Gasteiger partial charge >= 0.3 is 0 Å². The van der Waals surface area contributed by atoms with Crippen molar-refractivity contribution in [2.45, 2.75) is 68.2 Å². The topological polar surface area (TPSA) is 261 Å². The van der Waals surface area contributed by atoms with Crippen molar-refractivity contribution in [3.8, 4) is 11.5 Å². The van der Waals surface area contributed by atoms with E-state index in [1.807, 2.05) is 0 Å². The molecule has 6 rings (SSSR count). The number of ketones is 4. The van der Waals surface area contributed by atoms with Gasteiger partial charge < -0.3 is 55.5 Å². The summed E-state index contributed by atoms with van der Waals surface area (Å²) in [6.07, 6.45) is -6.56. The number of nitrogens with one attached hydrogen (secondary N) is 1. The molecule has 2 aromatic carbocycles. The van der Waals surface area contributed by atoms with E-state index in [1.165, 1.54) is 27.2 Å². The van der Waals surface area contributed by atoms with Crippen LogP contribution in [0.3, 0.4) is 0 Å². The molecule has 0 bridgehead atoms. The zero-order valence-electron chi connectivity index (χ0n) is 26.9. The van der Waals surface area contributed by atoms with Gasteiger partial charge in [-0.05, 0) is 31.0 Å². The van der Waals surface area contributed by atoms with E-state index in [4.69, 9.17) is 24.7 Å². The molecule has 16 nitrogen and oxygen atoms in total. The number of rotatable bonds is 6. The Morgan fingerprint density at radius 2 is 1.63 bits per heavy atom. The number of phenolic OH excluding ortho intramolecular Hbond substituents is 1. The number of aromatic hydroxyl groups is 2. The van der Waals surface area contributed by atoms with Crippen molar-refractivity contribution in [1.29, 1.82) is 0 Å². The molecule has 0 spiro atoms. The van der Waals surface area contributed by atoms with Gasteiger partial charge in [-0.25, -0.2) is 0 Å². The Morgan fingerprint density at radius 1 is 0.980 bits per heavy atom. The molecule has 1 unspecified atom stereocenters. The van der Waals surface area contributed by atoms with Crippen LogP contribution in [0.25, 0.3) is 0 Å². The lowest BCUT2D eigenvalue weighted by Gasteiger charge is -2.52. The summed E-state index contributed by atoms with van der Waals surface area (Å²) in [7, 11) is 3.57. The summed E-state index contributed by atoms with van der Waals surface area (Å²) < 4.78 is 22.0. The second-order valence-electron chi connectivity index (χ2n) is 12.5. The van der Waals surface area contributed by atoms with E-state index in [1.54, 1.807) is 6.92 Å². The highest BCUT2D eigenvalue weighted by Gasteiger charge is 2.72. The van der Waals surface area contributed by atoms with Crippen LogP contribution < -0.4 is 11.1 Å². The molecule has 49 heavy (non-hydrogen) atoms. The molecule has 1 saturated heterocycles. The van der Waals surface area contributed by atoms with Crippen molar-refractivity contribution in [2.75, 3.05) is 21.3 Å². The number of allylic oxidation sites excluding steroid dienone is 2. The van der Waals surface area contributed by atoms with Crippen LogP contribution in [-0.2, 0) is 31.0 Å². The number of Topliss-reactive ketones (excluding diaryl/α,β-unsaturated/α-hetero) is 3. The summed E-state index contributed by atoms with van der Waals surface area (Å²) in [6.45, 7) is 3.04. The van der Waals surface area contributed by atoms with Crippen LogP contribution in [0.15, 0.2) is 23.9 Å². The van der Waals surface area contributed by atoms with Gasteiger partial charge in [0.25, 0.3) is 5.91 Å². The van der Waals surface area contributed by atoms with Gasteiger partial charge in [0.2, 0.25) is 17.3 Å². The molecule has 16 heteroatoms. The second-order valence-corrected chi connectivity index (χ2v) is 12.5. The maximum atomic E-state index is 14.5. The number of carbonyl (C=O) groups excluding carboxylic acids is 5. The summed E-state index contributed by atoms with van der Waals surface area (Å²) in [4.78, 5) is 68.5. The predicted octanol–water partition coefficient (Wildman–Crippen LogP) is -0.938. The van der Waals surface area contributed by atoms with Crippen LogP contribution in [0.2, 0.25) is 0 Å². The maximum Gasteiger partial charge on any atom is 0.252 e. The van der Waals surface area contributed by atoms with E-state index in [9.17, 15) is 49.5 Å². The quantitative estimate of drug-likeness (QED) is 0.194. The molecular weight excluding hydrogens is 648 g/mol. The third kappa shape index (κ3) is 4.32. The first-order valence-electron chi connectivity index (χ1n) is 15.1. The molecule has 4 aliphatic rings.